The lowest BCUT2D eigenvalue weighted by molar-refractivity contribution is -0.122. The predicted octanol–water partition coefficient (Wildman–Crippen LogP) is 2.03. The van der Waals surface area contributed by atoms with E-state index in [9.17, 15) is 18.0 Å². The Kier molecular flexibility index (Phi) is 5.55. The fourth-order valence-electron chi connectivity index (χ4n) is 2.81. The van der Waals surface area contributed by atoms with Crippen molar-refractivity contribution in [1.29, 1.82) is 0 Å². The van der Waals surface area contributed by atoms with Crippen LogP contribution < -0.4 is 14.4 Å². The monoisotopic (exact) mass is 404 g/mol. The van der Waals surface area contributed by atoms with Crippen LogP contribution in [-0.2, 0) is 19.6 Å². The molecular weight excluding hydrogens is 384 g/mol. The van der Waals surface area contributed by atoms with Crippen LogP contribution in [0, 0.1) is 0 Å². The Hall–Kier alpha value is -3.07. The van der Waals surface area contributed by atoms with Crippen molar-refractivity contribution in [2.45, 2.75) is 13.0 Å². The number of fused-ring (bicyclic) bond motifs is 1. The van der Waals surface area contributed by atoms with Gasteiger partial charge in [0.25, 0.3) is 5.91 Å². The van der Waals surface area contributed by atoms with Crippen molar-refractivity contribution in [1.82, 2.24) is 0 Å². The second-order valence-corrected chi connectivity index (χ2v) is 8.07. The number of carbonyl (C=O) groups excluding carboxylic acids is 2. The maximum atomic E-state index is 12.7. The Morgan fingerprint density at radius 2 is 1.96 bits per heavy atom. The molecule has 0 aromatic heterocycles. The number of ether oxygens (including phenoxy) is 2. The zero-order valence-electron chi connectivity index (χ0n) is 15.4. The van der Waals surface area contributed by atoms with Gasteiger partial charge in [-0.2, -0.15) is 0 Å². The number of rotatable bonds is 5. The largest absolute Gasteiger partial charge is 0.476 e. The molecule has 1 aliphatic rings. The molecule has 1 unspecified atom stereocenters. The molecule has 1 N–H and O–H groups in total. The molecule has 0 saturated heterocycles. The molecule has 8 nitrogen and oxygen atoms in total. The van der Waals surface area contributed by atoms with Crippen molar-refractivity contribution in [3.05, 3.63) is 54.1 Å². The van der Waals surface area contributed by atoms with Gasteiger partial charge in [-0.05, 0) is 37.3 Å². The van der Waals surface area contributed by atoms with Gasteiger partial charge in [-0.1, -0.05) is 18.2 Å². The summed E-state index contributed by atoms with van der Waals surface area (Å²) in [5.41, 5.74) is 1.06. The SMILES string of the molecule is CCOC(=O)c1cccc(NC(=O)C2CN(S(C)(=O)=O)c3ccccc3O2)c1. The molecule has 3 rings (SSSR count). The Bertz CT molecular complexity index is 1000. The van der Waals surface area contributed by atoms with Crippen molar-refractivity contribution in [3.63, 3.8) is 0 Å². The Morgan fingerprint density at radius 3 is 2.68 bits per heavy atom. The van der Waals surface area contributed by atoms with Crippen LogP contribution in [0.4, 0.5) is 11.4 Å². The molecule has 2 aromatic rings. The summed E-state index contributed by atoms with van der Waals surface area (Å²) in [6.45, 7) is 1.79. The number of nitrogens with one attached hydrogen (secondary N) is 1. The maximum absolute atomic E-state index is 12.7. The third-order valence-corrected chi connectivity index (χ3v) is 5.22. The molecule has 28 heavy (non-hydrogen) atoms. The van der Waals surface area contributed by atoms with Crippen LogP contribution in [0.2, 0.25) is 0 Å². The predicted molar refractivity (Wildman–Crippen MR) is 104 cm³/mol. The summed E-state index contributed by atoms with van der Waals surface area (Å²) >= 11 is 0. The summed E-state index contributed by atoms with van der Waals surface area (Å²) in [5, 5.41) is 2.66. The molecule has 0 saturated carbocycles. The van der Waals surface area contributed by atoms with Crippen molar-refractivity contribution in [2.24, 2.45) is 0 Å². The summed E-state index contributed by atoms with van der Waals surface area (Å²) in [6, 6.07) is 12.9. The number of esters is 1. The lowest BCUT2D eigenvalue weighted by atomic mass is 10.2. The molecule has 1 amide bonds. The highest BCUT2D eigenvalue weighted by molar-refractivity contribution is 7.92. The zero-order valence-corrected chi connectivity index (χ0v) is 16.2. The average Bonchev–Trinajstić information content (AvgIpc) is 2.66. The zero-order chi connectivity index (χ0) is 20.3. The van der Waals surface area contributed by atoms with E-state index in [1.165, 1.54) is 6.07 Å². The van der Waals surface area contributed by atoms with Crippen molar-refractivity contribution in [2.75, 3.05) is 29.0 Å². The second kappa shape index (κ2) is 7.89. The van der Waals surface area contributed by atoms with Gasteiger partial charge in [0.15, 0.2) is 6.10 Å². The van der Waals surface area contributed by atoms with Gasteiger partial charge in [-0.15, -0.1) is 0 Å². The van der Waals surface area contributed by atoms with Crippen LogP contribution in [0.3, 0.4) is 0 Å². The van der Waals surface area contributed by atoms with Crippen molar-refractivity contribution in [3.8, 4) is 5.75 Å². The van der Waals surface area contributed by atoms with E-state index in [1.807, 2.05) is 0 Å². The highest BCUT2D eigenvalue weighted by Gasteiger charge is 2.34. The first-order valence-electron chi connectivity index (χ1n) is 8.61. The van der Waals surface area contributed by atoms with Crippen LogP contribution in [0.1, 0.15) is 17.3 Å². The molecule has 1 heterocycles. The molecule has 0 aliphatic carbocycles. The van der Waals surface area contributed by atoms with E-state index in [-0.39, 0.29) is 13.2 Å². The molecule has 9 heteroatoms. The molecule has 148 valence electrons. The van der Waals surface area contributed by atoms with Gasteiger partial charge < -0.3 is 14.8 Å². The first-order valence-corrected chi connectivity index (χ1v) is 10.5. The van der Waals surface area contributed by atoms with E-state index < -0.39 is 28.0 Å². The van der Waals surface area contributed by atoms with E-state index in [0.717, 1.165) is 10.6 Å². The van der Waals surface area contributed by atoms with Gasteiger partial charge in [0.1, 0.15) is 5.75 Å². The number of nitrogens with zero attached hydrogens (tertiary/aromatic N) is 1. The van der Waals surface area contributed by atoms with Crippen molar-refractivity contribution >= 4 is 33.3 Å². The fourth-order valence-corrected chi connectivity index (χ4v) is 3.73. The second-order valence-electron chi connectivity index (χ2n) is 6.16. The Balaban J connectivity index is 1.80. The summed E-state index contributed by atoms with van der Waals surface area (Å²) in [7, 11) is -3.59. The number of amides is 1. The minimum Gasteiger partial charge on any atom is -0.476 e. The fraction of sp³-hybridized carbons (Fsp3) is 0.263. The number of carbonyl (C=O) groups is 2. The van der Waals surface area contributed by atoms with Crippen molar-refractivity contribution < 1.29 is 27.5 Å². The van der Waals surface area contributed by atoms with Crippen LogP contribution in [0.5, 0.6) is 5.75 Å². The number of hydrogen-bond donors (Lipinski definition) is 1. The molecule has 0 fully saturated rings. The summed E-state index contributed by atoms with van der Waals surface area (Å²) < 4.78 is 36.1. The van der Waals surface area contributed by atoms with Gasteiger partial charge in [-0.3, -0.25) is 9.10 Å². The van der Waals surface area contributed by atoms with E-state index >= 15 is 0 Å². The van der Waals surface area contributed by atoms with E-state index in [0.29, 0.717) is 22.7 Å². The third kappa shape index (κ3) is 4.25. The molecule has 2 aromatic carbocycles. The molecule has 0 bridgehead atoms. The smallest absolute Gasteiger partial charge is 0.338 e. The molecule has 1 atom stereocenters. The van der Waals surface area contributed by atoms with Crippen LogP contribution in [0.25, 0.3) is 0 Å². The van der Waals surface area contributed by atoms with Gasteiger partial charge in [-0.25, -0.2) is 13.2 Å². The molecule has 1 aliphatic heterocycles. The molecule has 0 radical (unpaired) electrons. The average molecular weight is 404 g/mol. The lowest BCUT2D eigenvalue weighted by Crippen LogP contribution is -2.48. The standard InChI is InChI=1S/C19H20N2O6S/c1-3-26-19(23)13-7-6-8-14(11-13)20-18(22)17-12-21(28(2,24)25)15-9-4-5-10-16(15)27-17/h4-11,17H,3,12H2,1-2H3,(H,20,22). The number of sulfonamides is 1. The Labute approximate surface area is 163 Å². The highest BCUT2D eigenvalue weighted by atomic mass is 32.2. The van der Waals surface area contributed by atoms with Gasteiger partial charge in [0, 0.05) is 5.69 Å². The number of hydrogen-bond acceptors (Lipinski definition) is 6. The molecular formula is C19H20N2O6S. The van der Waals surface area contributed by atoms with Crippen LogP contribution >= 0.6 is 0 Å². The number of benzene rings is 2. The topological polar surface area (TPSA) is 102 Å². The lowest BCUT2D eigenvalue weighted by Gasteiger charge is -2.33. The Morgan fingerprint density at radius 1 is 1.21 bits per heavy atom. The van der Waals surface area contributed by atoms with Gasteiger partial charge >= 0.3 is 5.97 Å². The summed E-state index contributed by atoms with van der Waals surface area (Å²) in [6.07, 6.45) is 0.0308. The number of anilines is 2. The normalized spacial score (nSPS) is 15.9. The first kappa shape index (κ1) is 19.7. The van der Waals surface area contributed by atoms with Crippen LogP contribution in [-0.4, -0.2) is 45.8 Å². The maximum Gasteiger partial charge on any atom is 0.338 e. The summed E-state index contributed by atoms with van der Waals surface area (Å²) in [5.74, 6) is -0.714. The molecule has 0 spiro atoms. The van der Waals surface area contributed by atoms with E-state index in [4.69, 9.17) is 9.47 Å². The first-order chi connectivity index (χ1) is 13.3. The van der Waals surface area contributed by atoms with E-state index in [1.54, 1.807) is 49.4 Å². The van der Waals surface area contributed by atoms with Crippen LogP contribution in [0.15, 0.2) is 48.5 Å². The third-order valence-electron chi connectivity index (χ3n) is 4.07. The number of para-hydroxylation sites is 2. The minimum atomic E-state index is -3.59. The van der Waals surface area contributed by atoms with E-state index in [2.05, 4.69) is 5.32 Å². The summed E-state index contributed by atoms with van der Waals surface area (Å²) in [4.78, 5) is 24.5. The van der Waals surface area contributed by atoms with Gasteiger partial charge in [0.05, 0.1) is 30.7 Å². The van der Waals surface area contributed by atoms with Gasteiger partial charge in [0.2, 0.25) is 10.0 Å². The minimum absolute atomic E-state index is 0.154. The highest BCUT2D eigenvalue weighted by Crippen LogP contribution is 2.34. The quantitative estimate of drug-likeness (QED) is 0.765.